The highest BCUT2D eigenvalue weighted by Gasteiger charge is 2.58. The number of esters is 1. The lowest BCUT2D eigenvalue weighted by Gasteiger charge is -2.45. The molecule has 2 aliphatic heterocycles. The van der Waals surface area contributed by atoms with Crippen LogP contribution in [0.3, 0.4) is 0 Å². The first kappa shape index (κ1) is 29.1. The Balaban J connectivity index is 1.16. The highest BCUT2D eigenvalue weighted by molar-refractivity contribution is 6.00. The summed E-state index contributed by atoms with van der Waals surface area (Å²) in [6, 6.07) is 18.7. The molecule has 6 heteroatoms. The van der Waals surface area contributed by atoms with E-state index in [1.807, 2.05) is 24.4 Å². The molecule has 216 valence electrons. The summed E-state index contributed by atoms with van der Waals surface area (Å²) < 4.78 is 18.3. The molecule has 0 aromatic heterocycles. The molecule has 5 rings (SSSR count). The summed E-state index contributed by atoms with van der Waals surface area (Å²) in [4.78, 5) is 19.3. The van der Waals surface area contributed by atoms with E-state index in [0.29, 0.717) is 26.1 Å². The predicted molar refractivity (Wildman–Crippen MR) is 169 cm³/mol. The number of aliphatic imine (C=N–C) groups is 1. The van der Waals surface area contributed by atoms with E-state index in [9.17, 15) is 4.79 Å². The molecule has 0 N–H and O–H groups in total. The summed E-state index contributed by atoms with van der Waals surface area (Å²) in [7, 11) is 2.07. The van der Waals surface area contributed by atoms with Gasteiger partial charge in [0.1, 0.15) is 17.2 Å². The third-order valence-corrected chi connectivity index (χ3v) is 8.51. The minimum atomic E-state index is -0.713. The Kier molecular flexibility index (Phi) is 8.46. The van der Waals surface area contributed by atoms with Gasteiger partial charge < -0.3 is 19.1 Å². The number of anilines is 1. The average Bonchev–Trinajstić information content (AvgIpc) is 3.15. The minimum absolute atomic E-state index is 0.298. The highest BCUT2D eigenvalue weighted by Crippen LogP contribution is 2.54. The van der Waals surface area contributed by atoms with Crippen LogP contribution in [0.25, 0.3) is 10.8 Å². The number of carbonyl (C=O) groups is 1. The van der Waals surface area contributed by atoms with Crippen molar-refractivity contribution in [3.63, 3.8) is 0 Å². The summed E-state index contributed by atoms with van der Waals surface area (Å²) in [5, 5.41) is 2.09. The highest BCUT2D eigenvalue weighted by atomic mass is 16.5. The SMILES string of the molecule is C#CCC(CC#C)C(=O)OCCCCCCOc1ccc2ccc3c(c2c1)N=CC1(O3)N(C)c2ccccc2C1(C)C. The van der Waals surface area contributed by atoms with Gasteiger partial charge in [-0.1, -0.05) is 30.3 Å². The van der Waals surface area contributed by atoms with E-state index in [0.717, 1.165) is 59.3 Å². The van der Waals surface area contributed by atoms with Gasteiger partial charge in [0.05, 0.1) is 30.8 Å². The molecular formula is C36H38N2O4. The summed E-state index contributed by atoms with van der Waals surface area (Å²) in [5.74, 6) is 5.83. The third kappa shape index (κ3) is 5.30. The lowest BCUT2D eigenvalue weighted by atomic mass is 9.77. The standard InChI is InChI=1S/C36H38N2O4/c1-6-14-27(15-7-2)34(39)41-23-13-9-8-12-22-40-28-20-18-26-19-21-32-33(29(26)24-28)37-25-36(42-32)35(3,4)30-16-10-11-17-31(30)38(36)5/h1-2,10-11,16-21,24-25,27H,8-9,12-15,22-23H2,3-5H3. The van der Waals surface area contributed by atoms with Crippen LogP contribution in [-0.2, 0) is 14.9 Å². The number of fused-ring (bicyclic) bond motifs is 4. The van der Waals surface area contributed by atoms with Crippen molar-refractivity contribution in [2.75, 3.05) is 25.2 Å². The molecule has 2 heterocycles. The quantitative estimate of drug-likeness (QED) is 0.140. The van der Waals surface area contributed by atoms with E-state index < -0.39 is 11.6 Å². The van der Waals surface area contributed by atoms with Gasteiger partial charge in [0.2, 0.25) is 5.72 Å². The first-order chi connectivity index (χ1) is 20.3. The van der Waals surface area contributed by atoms with E-state index >= 15 is 0 Å². The van der Waals surface area contributed by atoms with Crippen LogP contribution >= 0.6 is 0 Å². The molecule has 42 heavy (non-hydrogen) atoms. The molecule has 0 radical (unpaired) electrons. The smallest absolute Gasteiger partial charge is 0.310 e. The normalized spacial score (nSPS) is 17.8. The maximum Gasteiger partial charge on any atom is 0.310 e. The zero-order chi connectivity index (χ0) is 29.7. The Bertz CT molecular complexity index is 1560. The fraction of sp³-hybridized carbons (Fsp3) is 0.389. The van der Waals surface area contributed by atoms with E-state index in [1.165, 1.54) is 5.56 Å². The number of hydrogen-bond acceptors (Lipinski definition) is 6. The summed E-state index contributed by atoms with van der Waals surface area (Å²) in [5.41, 5.74) is 2.21. The number of benzene rings is 3. The van der Waals surface area contributed by atoms with Gasteiger partial charge in [-0.2, -0.15) is 0 Å². The Morgan fingerprint density at radius 3 is 2.45 bits per heavy atom. The number of nitrogens with zero attached hydrogens (tertiary/aromatic N) is 2. The van der Waals surface area contributed by atoms with Gasteiger partial charge in [-0.3, -0.25) is 9.79 Å². The molecule has 1 spiro atoms. The van der Waals surface area contributed by atoms with Crippen molar-refractivity contribution in [3.8, 4) is 36.2 Å². The predicted octanol–water partition coefficient (Wildman–Crippen LogP) is 7.20. The molecule has 3 aromatic carbocycles. The van der Waals surface area contributed by atoms with Crippen molar-refractivity contribution in [3.05, 3.63) is 60.2 Å². The number of para-hydroxylation sites is 1. The molecule has 0 fully saturated rings. The van der Waals surface area contributed by atoms with Crippen molar-refractivity contribution >= 4 is 34.3 Å². The van der Waals surface area contributed by atoms with Crippen LogP contribution in [0, 0.1) is 30.6 Å². The number of carbonyl (C=O) groups excluding carboxylic acids is 1. The van der Waals surface area contributed by atoms with Gasteiger partial charge in [0.15, 0.2) is 0 Å². The second kappa shape index (κ2) is 12.2. The first-order valence-corrected chi connectivity index (χ1v) is 14.6. The number of likely N-dealkylation sites (N-methyl/N-ethyl adjacent to an activating group) is 1. The molecule has 0 saturated heterocycles. The maximum atomic E-state index is 12.1. The Morgan fingerprint density at radius 2 is 1.71 bits per heavy atom. The van der Waals surface area contributed by atoms with Crippen LogP contribution in [0.2, 0.25) is 0 Å². The monoisotopic (exact) mass is 562 g/mol. The Labute approximate surface area is 249 Å². The van der Waals surface area contributed by atoms with Crippen LogP contribution in [0.4, 0.5) is 11.4 Å². The number of ether oxygens (including phenoxy) is 3. The number of hydrogen-bond donors (Lipinski definition) is 0. The van der Waals surface area contributed by atoms with Crippen LogP contribution in [0.15, 0.2) is 59.6 Å². The minimum Gasteiger partial charge on any atom is -0.494 e. The van der Waals surface area contributed by atoms with Crippen LogP contribution < -0.4 is 14.4 Å². The molecule has 6 nitrogen and oxygen atoms in total. The van der Waals surface area contributed by atoms with Crippen LogP contribution in [0.5, 0.6) is 11.5 Å². The van der Waals surface area contributed by atoms with Crippen molar-refractivity contribution in [2.45, 2.75) is 63.5 Å². The number of terminal acetylenes is 2. The maximum absolute atomic E-state index is 12.1. The average molecular weight is 563 g/mol. The fourth-order valence-electron chi connectivity index (χ4n) is 6.01. The number of rotatable bonds is 11. The number of unbranched alkanes of at least 4 members (excludes halogenated alkanes) is 3. The molecule has 1 atom stereocenters. The van der Waals surface area contributed by atoms with Gasteiger partial charge in [-0.15, -0.1) is 24.7 Å². The molecule has 0 saturated carbocycles. The molecular weight excluding hydrogens is 524 g/mol. The first-order valence-electron chi connectivity index (χ1n) is 14.6. The molecule has 1 unspecified atom stereocenters. The van der Waals surface area contributed by atoms with Crippen molar-refractivity contribution in [1.82, 2.24) is 0 Å². The zero-order valence-corrected chi connectivity index (χ0v) is 24.7. The van der Waals surface area contributed by atoms with Crippen LogP contribution in [-0.4, -0.2) is 38.2 Å². The lowest BCUT2D eigenvalue weighted by molar-refractivity contribution is -0.148. The van der Waals surface area contributed by atoms with Crippen molar-refractivity contribution in [1.29, 1.82) is 0 Å². The van der Waals surface area contributed by atoms with Gasteiger partial charge in [-0.05, 0) is 74.7 Å². The van der Waals surface area contributed by atoms with E-state index in [2.05, 4.69) is 74.0 Å². The van der Waals surface area contributed by atoms with Crippen molar-refractivity contribution < 1.29 is 19.0 Å². The second-order valence-electron chi connectivity index (χ2n) is 11.5. The molecule has 0 aliphatic carbocycles. The van der Waals surface area contributed by atoms with E-state index in [4.69, 9.17) is 32.0 Å². The van der Waals surface area contributed by atoms with Gasteiger partial charge in [0.25, 0.3) is 0 Å². The Morgan fingerprint density at radius 1 is 1.00 bits per heavy atom. The summed E-state index contributed by atoms with van der Waals surface area (Å²) >= 11 is 0. The molecule has 2 aliphatic rings. The van der Waals surface area contributed by atoms with Gasteiger partial charge in [0, 0.05) is 31.0 Å². The second-order valence-corrected chi connectivity index (χ2v) is 11.5. The van der Waals surface area contributed by atoms with Crippen molar-refractivity contribution in [2.24, 2.45) is 10.9 Å². The third-order valence-electron chi connectivity index (χ3n) is 8.51. The zero-order valence-electron chi connectivity index (χ0n) is 24.7. The Hall–Kier alpha value is -4.42. The summed E-state index contributed by atoms with van der Waals surface area (Å²) in [6.07, 6.45) is 16.8. The molecule has 3 aromatic rings. The largest absolute Gasteiger partial charge is 0.494 e. The van der Waals surface area contributed by atoms with Gasteiger partial charge >= 0.3 is 5.97 Å². The van der Waals surface area contributed by atoms with E-state index in [-0.39, 0.29) is 11.4 Å². The fourth-order valence-corrected chi connectivity index (χ4v) is 6.01. The van der Waals surface area contributed by atoms with Gasteiger partial charge in [-0.25, -0.2) is 0 Å². The lowest BCUT2D eigenvalue weighted by Crippen LogP contribution is -2.61. The van der Waals surface area contributed by atoms with E-state index in [1.54, 1.807) is 0 Å². The van der Waals surface area contributed by atoms with Crippen LogP contribution in [0.1, 0.15) is 57.9 Å². The topological polar surface area (TPSA) is 60.4 Å². The molecule has 0 bridgehead atoms. The molecule has 0 amide bonds. The summed E-state index contributed by atoms with van der Waals surface area (Å²) in [6.45, 7) is 5.41.